The van der Waals surface area contributed by atoms with Crippen molar-refractivity contribution in [2.24, 2.45) is 0 Å². The predicted molar refractivity (Wildman–Crippen MR) is 52.5 cm³/mol. The Morgan fingerprint density at radius 2 is 2.27 bits per heavy atom. The lowest BCUT2D eigenvalue weighted by Gasteiger charge is -2.05. The quantitative estimate of drug-likeness (QED) is 0.632. The van der Waals surface area contributed by atoms with E-state index in [0.29, 0.717) is 6.54 Å². The van der Waals surface area contributed by atoms with Crippen molar-refractivity contribution in [2.75, 3.05) is 0 Å². The van der Waals surface area contributed by atoms with E-state index in [0.717, 1.165) is 5.56 Å². The van der Waals surface area contributed by atoms with Gasteiger partial charge in [0.25, 0.3) is 0 Å². The summed E-state index contributed by atoms with van der Waals surface area (Å²) in [6.45, 7) is 2.56. The third-order valence-electron chi connectivity index (χ3n) is 1.61. The Bertz CT molecular complexity index is 230. The van der Waals surface area contributed by atoms with E-state index >= 15 is 0 Å². The van der Waals surface area contributed by atoms with Gasteiger partial charge in [-0.1, -0.05) is 12.1 Å². The zero-order valence-corrected chi connectivity index (χ0v) is 8.42. The van der Waals surface area contributed by atoms with Crippen LogP contribution in [0.1, 0.15) is 11.1 Å². The van der Waals surface area contributed by atoms with Gasteiger partial charge in [0, 0.05) is 10.1 Å². The molecule has 1 aromatic carbocycles. The molecule has 3 heteroatoms. The lowest BCUT2D eigenvalue weighted by Crippen LogP contribution is -2.08. The number of rotatable bonds is 2. The second-order valence-electron chi connectivity index (χ2n) is 2.37. The molecule has 2 N–H and O–H groups in total. The van der Waals surface area contributed by atoms with Crippen LogP contribution in [0.5, 0.6) is 0 Å². The van der Waals surface area contributed by atoms with Crippen LogP contribution in [-0.2, 0) is 6.54 Å². The van der Waals surface area contributed by atoms with Crippen molar-refractivity contribution in [3.8, 4) is 0 Å². The zero-order chi connectivity index (χ0) is 8.27. The average Bonchev–Trinajstić information content (AvgIpc) is 1.97. The summed E-state index contributed by atoms with van der Waals surface area (Å²) in [4.78, 5) is 0. The fourth-order valence-corrected chi connectivity index (χ4v) is 1.79. The number of aryl methyl sites for hydroxylation is 1. The molecule has 0 radical (unpaired) electrons. The van der Waals surface area contributed by atoms with Gasteiger partial charge in [-0.2, -0.15) is 0 Å². The summed E-state index contributed by atoms with van der Waals surface area (Å²) in [5.74, 6) is 0. The highest BCUT2D eigenvalue weighted by Gasteiger charge is 2.00. The molecule has 0 aliphatic rings. The number of hydrogen-bond acceptors (Lipinski definition) is 2. The molecular weight excluding hydrogens is 253 g/mol. The van der Waals surface area contributed by atoms with E-state index in [1.165, 1.54) is 9.13 Å². The first-order valence-electron chi connectivity index (χ1n) is 3.36. The Morgan fingerprint density at radius 1 is 1.55 bits per heavy atom. The first-order valence-corrected chi connectivity index (χ1v) is 4.44. The van der Waals surface area contributed by atoms with Crippen LogP contribution >= 0.6 is 22.6 Å². The molecule has 0 unspecified atom stereocenters. The second kappa shape index (κ2) is 4.04. The van der Waals surface area contributed by atoms with Crippen LogP contribution < -0.4 is 5.48 Å². The predicted octanol–water partition coefficient (Wildman–Crippen LogP) is 2.08. The van der Waals surface area contributed by atoms with Crippen molar-refractivity contribution in [2.45, 2.75) is 13.5 Å². The minimum atomic E-state index is 0.519. The van der Waals surface area contributed by atoms with E-state index in [9.17, 15) is 0 Å². The molecule has 0 aromatic heterocycles. The minimum Gasteiger partial charge on any atom is -0.316 e. The molecule has 0 amide bonds. The lowest BCUT2D eigenvalue weighted by atomic mass is 10.1. The molecule has 11 heavy (non-hydrogen) atoms. The average molecular weight is 263 g/mol. The summed E-state index contributed by atoms with van der Waals surface area (Å²) in [6, 6.07) is 6.08. The summed E-state index contributed by atoms with van der Waals surface area (Å²) in [7, 11) is 0. The molecule has 2 nitrogen and oxygen atoms in total. The third-order valence-corrected chi connectivity index (χ3v) is 2.62. The van der Waals surface area contributed by atoms with Gasteiger partial charge < -0.3 is 5.21 Å². The highest BCUT2D eigenvalue weighted by molar-refractivity contribution is 14.1. The van der Waals surface area contributed by atoms with Crippen molar-refractivity contribution in [1.29, 1.82) is 0 Å². The van der Waals surface area contributed by atoms with Gasteiger partial charge in [0.15, 0.2) is 0 Å². The van der Waals surface area contributed by atoms with Crippen LogP contribution in [0.4, 0.5) is 0 Å². The topological polar surface area (TPSA) is 32.3 Å². The first kappa shape index (κ1) is 8.96. The van der Waals surface area contributed by atoms with E-state index in [1.54, 1.807) is 0 Å². The standard InChI is InChI=1S/C8H10INO/c1-6-3-2-4-8(9)7(6)5-10-11/h2-4,10-11H,5H2,1H3. The SMILES string of the molecule is Cc1cccc(I)c1CNO. The second-order valence-corrected chi connectivity index (χ2v) is 3.53. The molecule has 0 saturated carbocycles. The van der Waals surface area contributed by atoms with E-state index in [-0.39, 0.29) is 0 Å². The molecule has 0 saturated heterocycles. The van der Waals surface area contributed by atoms with Crippen molar-refractivity contribution in [1.82, 2.24) is 5.48 Å². The molecule has 0 fully saturated rings. The molecular formula is C8H10INO. The molecule has 1 rings (SSSR count). The molecule has 0 heterocycles. The molecule has 1 aromatic rings. The first-order chi connectivity index (χ1) is 5.25. The molecule has 0 atom stereocenters. The Kier molecular flexibility index (Phi) is 3.29. The van der Waals surface area contributed by atoms with Crippen molar-refractivity contribution in [3.63, 3.8) is 0 Å². The van der Waals surface area contributed by atoms with E-state index in [2.05, 4.69) is 28.1 Å². The molecule has 0 spiro atoms. The summed E-state index contributed by atoms with van der Waals surface area (Å²) in [5, 5.41) is 8.52. The highest BCUT2D eigenvalue weighted by Crippen LogP contribution is 2.15. The van der Waals surface area contributed by atoms with Crippen molar-refractivity contribution >= 4 is 22.6 Å². The Labute approximate surface area is 79.7 Å². The zero-order valence-electron chi connectivity index (χ0n) is 6.26. The van der Waals surface area contributed by atoms with E-state index < -0.39 is 0 Å². The van der Waals surface area contributed by atoms with Gasteiger partial charge in [0.2, 0.25) is 0 Å². The molecule has 0 aliphatic heterocycles. The fourth-order valence-electron chi connectivity index (χ4n) is 0.969. The minimum absolute atomic E-state index is 0.519. The summed E-state index contributed by atoms with van der Waals surface area (Å²) in [5.41, 5.74) is 4.53. The number of hydrogen-bond donors (Lipinski definition) is 2. The summed E-state index contributed by atoms with van der Waals surface area (Å²) < 4.78 is 1.18. The molecule has 0 aliphatic carbocycles. The van der Waals surface area contributed by atoms with Crippen LogP contribution in [0, 0.1) is 10.5 Å². The maximum atomic E-state index is 8.52. The van der Waals surface area contributed by atoms with Gasteiger partial charge in [0.1, 0.15) is 0 Å². The normalized spacial score (nSPS) is 10.1. The van der Waals surface area contributed by atoms with Crippen LogP contribution in [0.15, 0.2) is 18.2 Å². The van der Waals surface area contributed by atoms with Gasteiger partial charge in [-0.15, -0.1) is 0 Å². The van der Waals surface area contributed by atoms with Crippen LogP contribution in [0.2, 0.25) is 0 Å². The molecule has 0 bridgehead atoms. The Morgan fingerprint density at radius 3 is 2.82 bits per heavy atom. The highest BCUT2D eigenvalue weighted by atomic mass is 127. The number of nitrogens with one attached hydrogen (secondary N) is 1. The van der Waals surface area contributed by atoms with Crippen molar-refractivity contribution < 1.29 is 5.21 Å². The van der Waals surface area contributed by atoms with Gasteiger partial charge in [-0.25, -0.2) is 5.48 Å². The van der Waals surface area contributed by atoms with Gasteiger partial charge in [-0.3, -0.25) is 0 Å². The van der Waals surface area contributed by atoms with Gasteiger partial charge in [0.05, 0.1) is 0 Å². The largest absolute Gasteiger partial charge is 0.316 e. The van der Waals surface area contributed by atoms with Crippen LogP contribution in [0.25, 0.3) is 0 Å². The Balaban J connectivity index is 3.00. The lowest BCUT2D eigenvalue weighted by molar-refractivity contribution is 0.161. The smallest absolute Gasteiger partial charge is 0.0471 e. The Hall–Kier alpha value is -0.130. The van der Waals surface area contributed by atoms with Gasteiger partial charge >= 0.3 is 0 Å². The van der Waals surface area contributed by atoms with Crippen LogP contribution in [0.3, 0.4) is 0 Å². The maximum Gasteiger partial charge on any atom is 0.0471 e. The van der Waals surface area contributed by atoms with E-state index in [1.807, 2.05) is 25.1 Å². The van der Waals surface area contributed by atoms with Crippen molar-refractivity contribution in [3.05, 3.63) is 32.9 Å². The van der Waals surface area contributed by atoms with Gasteiger partial charge in [-0.05, 0) is 46.7 Å². The third kappa shape index (κ3) is 2.15. The monoisotopic (exact) mass is 263 g/mol. The number of benzene rings is 1. The number of halogens is 1. The summed E-state index contributed by atoms with van der Waals surface area (Å²) >= 11 is 2.26. The van der Waals surface area contributed by atoms with E-state index in [4.69, 9.17) is 5.21 Å². The molecule has 60 valence electrons. The maximum absolute atomic E-state index is 8.52. The van der Waals surface area contributed by atoms with Crippen LogP contribution in [-0.4, -0.2) is 5.21 Å². The fraction of sp³-hybridized carbons (Fsp3) is 0.250. The number of hydroxylamine groups is 1. The summed E-state index contributed by atoms with van der Waals surface area (Å²) in [6.07, 6.45) is 0.